The predicted octanol–water partition coefficient (Wildman–Crippen LogP) is 4.42. The van der Waals surface area contributed by atoms with Crippen molar-refractivity contribution in [2.75, 3.05) is 27.3 Å². The summed E-state index contributed by atoms with van der Waals surface area (Å²) in [4.78, 5) is 34.9. The molecule has 188 valence electrons. The second-order valence-electron chi connectivity index (χ2n) is 9.84. The van der Waals surface area contributed by atoms with Crippen LogP contribution in [0.25, 0.3) is 10.9 Å². The number of amides is 2. The van der Waals surface area contributed by atoms with Gasteiger partial charge in [0.15, 0.2) is 5.54 Å². The van der Waals surface area contributed by atoms with E-state index in [4.69, 9.17) is 9.47 Å². The molecule has 2 aliphatic rings. The molecular weight excluding hydrogens is 466 g/mol. The van der Waals surface area contributed by atoms with Crippen molar-refractivity contribution in [3.63, 3.8) is 0 Å². The topological polar surface area (TPSA) is 74.9 Å². The molecular formula is C30H29N3O4. The predicted molar refractivity (Wildman–Crippen MR) is 141 cm³/mol. The van der Waals surface area contributed by atoms with Crippen LogP contribution < -0.4 is 9.47 Å². The highest BCUT2D eigenvalue weighted by molar-refractivity contribution is 6.01. The van der Waals surface area contributed by atoms with E-state index in [1.165, 1.54) is 0 Å². The number of fused-ring (bicyclic) bond motifs is 5. The van der Waals surface area contributed by atoms with Crippen LogP contribution in [0.2, 0.25) is 0 Å². The maximum atomic E-state index is 14.2. The van der Waals surface area contributed by atoms with Crippen molar-refractivity contribution in [2.24, 2.45) is 0 Å². The van der Waals surface area contributed by atoms with Crippen LogP contribution in [-0.2, 0) is 21.7 Å². The summed E-state index contributed by atoms with van der Waals surface area (Å²) in [7, 11) is 3.28. The molecule has 0 aliphatic carbocycles. The van der Waals surface area contributed by atoms with E-state index in [2.05, 4.69) is 11.1 Å². The second kappa shape index (κ2) is 8.69. The van der Waals surface area contributed by atoms with Gasteiger partial charge in [-0.3, -0.25) is 9.59 Å². The molecule has 2 amide bonds. The molecule has 7 nitrogen and oxygen atoms in total. The summed E-state index contributed by atoms with van der Waals surface area (Å²) in [5.41, 5.74) is 3.56. The third kappa shape index (κ3) is 3.49. The summed E-state index contributed by atoms with van der Waals surface area (Å²) < 4.78 is 11.0. The Morgan fingerprint density at radius 1 is 0.946 bits per heavy atom. The number of aromatic nitrogens is 1. The van der Waals surface area contributed by atoms with E-state index in [1.54, 1.807) is 24.0 Å². The highest BCUT2D eigenvalue weighted by Crippen LogP contribution is 2.49. The maximum absolute atomic E-state index is 14.2. The van der Waals surface area contributed by atoms with Crippen LogP contribution in [-0.4, -0.2) is 53.9 Å². The molecule has 0 bridgehead atoms. The molecule has 2 aliphatic heterocycles. The van der Waals surface area contributed by atoms with Crippen LogP contribution in [0, 0.1) is 0 Å². The van der Waals surface area contributed by atoms with Gasteiger partial charge in [0, 0.05) is 35.5 Å². The minimum Gasteiger partial charge on any atom is -0.497 e. The molecule has 1 aromatic heterocycles. The third-order valence-electron chi connectivity index (χ3n) is 7.86. The maximum Gasteiger partial charge on any atom is 0.255 e. The summed E-state index contributed by atoms with van der Waals surface area (Å²) in [6, 6.07) is 23.6. The van der Waals surface area contributed by atoms with Crippen molar-refractivity contribution in [1.29, 1.82) is 0 Å². The van der Waals surface area contributed by atoms with E-state index in [0.29, 0.717) is 13.1 Å². The van der Waals surface area contributed by atoms with Gasteiger partial charge >= 0.3 is 0 Å². The molecule has 7 heteroatoms. The van der Waals surface area contributed by atoms with E-state index < -0.39 is 5.54 Å². The van der Waals surface area contributed by atoms with Crippen molar-refractivity contribution in [1.82, 2.24) is 14.8 Å². The number of rotatable bonds is 5. The second-order valence-corrected chi connectivity index (χ2v) is 9.84. The molecule has 0 spiro atoms. The van der Waals surface area contributed by atoms with Crippen LogP contribution in [0.15, 0.2) is 72.8 Å². The summed E-state index contributed by atoms with van der Waals surface area (Å²) in [5.74, 6) is 1.22. The number of ether oxygens (including phenoxy) is 2. The zero-order valence-corrected chi connectivity index (χ0v) is 21.2. The molecule has 3 aromatic carbocycles. The molecule has 4 aromatic rings. The molecule has 0 radical (unpaired) electrons. The largest absolute Gasteiger partial charge is 0.497 e. The van der Waals surface area contributed by atoms with Gasteiger partial charge in [0.05, 0.1) is 19.9 Å². The number of H-pyrrole nitrogens is 1. The van der Waals surface area contributed by atoms with Gasteiger partial charge in [0.25, 0.3) is 5.91 Å². The van der Waals surface area contributed by atoms with Crippen molar-refractivity contribution >= 4 is 22.7 Å². The fourth-order valence-electron chi connectivity index (χ4n) is 5.99. The van der Waals surface area contributed by atoms with Gasteiger partial charge in [-0.05, 0) is 42.3 Å². The highest BCUT2D eigenvalue weighted by Gasteiger charge is 2.56. The van der Waals surface area contributed by atoms with E-state index >= 15 is 0 Å². The van der Waals surface area contributed by atoms with Crippen molar-refractivity contribution in [3.8, 4) is 11.5 Å². The summed E-state index contributed by atoms with van der Waals surface area (Å²) in [6.45, 7) is 2.66. The van der Waals surface area contributed by atoms with Gasteiger partial charge < -0.3 is 24.3 Å². The van der Waals surface area contributed by atoms with Gasteiger partial charge in [0.2, 0.25) is 5.91 Å². The summed E-state index contributed by atoms with van der Waals surface area (Å²) in [5, 5.41) is 1.06. The minimum absolute atomic E-state index is 0.0364. The number of carbonyl (C=O) groups is 2. The number of nitrogens with zero attached hydrogens (tertiary/aromatic N) is 2. The van der Waals surface area contributed by atoms with Crippen molar-refractivity contribution < 1.29 is 19.1 Å². The van der Waals surface area contributed by atoms with E-state index in [-0.39, 0.29) is 24.3 Å². The first-order chi connectivity index (χ1) is 18.0. The quantitative estimate of drug-likeness (QED) is 0.445. The Morgan fingerprint density at radius 2 is 1.68 bits per heavy atom. The number of piperazine rings is 1. The lowest BCUT2D eigenvalue weighted by atomic mass is 9.76. The molecule has 0 saturated carbocycles. The fraction of sp³-hybridized carbons (Fsp3) is 0.267. The van der Waals surface area contributed by atoms with E-state index in [9.17, 15) is 9.59 Å². The minimum atomic E-state index is -1.14. The Bertz CT molecular complexity index is 1510. The molecule has 0 unspecified atom stereocenters. The molecule has 37 heavy (non-hydrogen) atoms. The average molecular weight is 496 g/mol. The SMILES string of the molecule is COc1ccc(CN2CC(=O)N3C[C@H](c4ccccc4OC)c4c([nH]c5ccccc45)[C@@]3(C)C2=O)cc1. The Balaban J connectivity index is 1.48. The first-order valence-electron chi connectivity index (χ1n) is 12.4. The number of nitrogens with one attached hydrogen (secondary N) is 1. The fourth-order valence-corrected chi connectivity index (χ4v) is 5.99. The molecule has 1 saturated heterocycles. The van der Waals surface area contributed by atoms with Gasteiger partial charge in [-0.15, -0.1) is 0 Å². The summed E-state index contributed by atoms with van der Waals surface area (Å²) >= 11 is 0. The number of carbonyl (C=O) groups excluding carboxylic acids is 2. The normalized spacial score (nSPS) is 21.1. The number of aromatic amines is 1. The van der Waals surface area contributed by atoms with Crippen molar-refractivity contribution in [3.05, 3.63) is 95.2 Å². The molecule has 2 atom stereocenters. The van der Waals surface area contributed by atoms with Crippen LogP contribution in [0.3, 0.4) is 0 Å². The first-order valence-corrected chi connectivity index (χ1v) is 12.4. The zero-order chi connectivity index (χ0) is 25.7. The molecule has 6 rings (SSSR count). The van der Waals surface area contributed by atoms with Crippen molar-refractivity contribution in [2.45, 2.75) is 24.9 Å². The average Bonchev–Trinajstić information content (AvgIpc) is 3.33. The zero-order valence-electron chi connectivity index (χ0n) is 21.2. The molecule has 1 fully saturated rings. The number of benzene rings is 3. The highest BCUT2D eigenvalue weighted by atomic mass is 16.5. The van der Waals surface area contributed by atoms with E-state index in [0.717, 1.165) is 44.8 Å². The van der Waals surface area contributed by atoms with E-state index in [1.807, 2.05) is 73.7 Å². The van der Waals surface area contributed by atoms with Crippen LogP contribution in [0.1, 0.15) is 35.2 Å². The van der Waals surface area contributed by atoms with Crippen LogP contribution >= 0.6 is 0 Å². The third-order valence-corrected chi connectivity index (χ3v) is 7.86. The lowest BCUT2D eigenvalue weighted by Crippen LogP contribution is -2.67. The standard InChI is InChI=1S/C30H29N3O4/c1-30-28-27(22-9-4-6-10-24(22)31-28)23(21-8-5-7-11-25(21)37-3)17-33(30)26(34)18-32(29(30)35)16-19-12-14-20(36-2)15-13-19/h4-15,23,31H,16-18H2,1-3H3/t23-,30+/m1/s1. The number of hydrogen-bond donors (Lipinski definition) is 1. The summed E-state index contributed by atoms with van der Waals surface area (Å²) in [6.07, 6.45) is 0. The van der Waals surface area contributed by atoms with Gasteiger partial charge in [0.1, 0.15) is 18.0 Å². The van der Waals surface area contributed by atoms with Gasteiger partial charge in [-0.2, -0.15) is 0 Å². The lowest BCUT2D eigenvalue weighted by molar-refractivity contribution is -0.166. The first kappa shape index (κ1) is 23.2. The van der Waals surface area contributed by atoms with Crippen LogP contribution in [0.5, 0.6) is 11.5 Å². The molecule has 1 N–H and O–H groups in total. The van der Waals surface area contributed by atoms with Gasteiger partial charge in [-0.1, -0.05) is 48.5 Å². The number of methoxy groups -OCH3 is 2. The smallest absolute Gasteiger partial charge is 0.255 e. The Labute approximate surface area is 215 Å². The Kier molecular flexibility index (Phi) is 5.44. The number of hydrogen-bond acceptors (Lipinski definition) is 4. The van der Waals surface area contributed by atoms with Gasteiger partial charge in [-0.25, -0.2) is 0 Å². The Hall–Kier alpha value is -4.26. The monoisotopic (exact) mass is 495 g/mol. The Morgan fingerprint density at radius 3 is 2.43 bits per heavy atom. The van der Waals surface area contributed by atoms with Crippen LogP contribution in [0.4, 0.5) is 0 Å². The molecule has 3 heterocycles. The lowest BCUT2D eigenvalue weighted by Gasteiger charge is -2.51. The number of para-hydroxylation sites is 2.